The molecule has 0 aromatic carbocycles. The largest absolute Gasteiger partial charge is 0.433 e. The van der Waals surface area contributed by atoms with E-state index in [9.17, 15) is 13.2 Å². The van der Waals surface area contributed by atoms with E-state index >= 15 is 0 Å². The maximum atomic E-state index is 13.1. The van der Waals surface area contributed by atoms with Gasteiger partial charge in [-0.05, 0) is 63.4 Å². The molecule has 1 saturated heterocycles. The van der Waals surface area contributed by atoms with Crippen LogP contribution in [0.5, 0.6) is 0 Å². The minimum Gasteiger partial charge on any atom is -0.373 e. The molecule has 1 aliphatic heterocycles. The maximum Gasteiger partial charge on any atom is 0.433 e. The second-order valence-electron chi connectivity index (χ2n) is 8.74. The summed E-state index contributed by atoms with van der Waals surface area (Å²) in [5, 5.41) is 0. The van der Waals surface area contributed by atoms with Crippen molar-refractivity contribution < 1.29 is 17.9 Å². The van der Waals surface area contributed by atoms with Gasteiger partial charge in [0.15, 0.2) is 5.65 Å². The number of halogens is 3. The quantitative estimate of drug-likeness (QED) is 0.385. The average molecular weight is 480 g/mol. The molecule has 35 heavy (non-hydrogen) atoms. The van der Waals surface area contributed by atoms with Gasteiger partial charge in [-0.25, -0.2) is 19.9 Å². The van der Waals surface area contributed by atoms with Crippen molar-refractivity contribution in [2.24, 2.45) is 0 Å². The van der Waals surface area contributed by atoms with Crippen LogP contribution in [0.3, 0.4) is 0 Å². The number of ether oxygens (including phenoxy) is 1. The Labute approximate surface area is 199 Å². The summed E-state index contributed by atoms with van der Waals surface area (Å²) in [7, 11) is 0. The zero-order valence-corrected chi connectivity index (χ0v) is 19.5. The lowest BCUT2D eigenvalue weighted by Gasteiger charge is -2.29. The average Bonchev–Trinajstić information content (AvgIpc) is 2.84. The van der Waals surface area contributed by atoms with Crippen LogP contribution in [0.15, 0.2) is 36.7 Å². The van der Waals surface area contributed by atoms with Crippen molar-refractivity contribution in [3.63, 3.8) is 0 Å². The van der Waals surface area contributed by atoms with Crippen molar-refractivity contribution in [1.29, 1.82) is 0 Å². The first-order valence-corrected chi connectivity index (χ1v) is 11.3. The van der Waals surface area contributed by atoms with Crippen LogP contribution in [0, 0.1) is 20.8 Å². The highest BCUT2D eigenvalue weighted by molar-refractivity contribution is 5.86. The van der Waals surface area contributed by atoms with Crippen LogP contribution in [0.4, 0.5) is 13.2 Å². The van der Waals surface area contributed by atoms with Gasteiger partial charge in [-0.2, -0.15) is 13.2 Å². The molecule has 0 aliphatic carbocycles. The van der Waals surface area contributed by atoms with Crippen molar-refractivity contribution in [2.45, 2.75) is 51.8 Å². The highest BCUT2D eigenvalue weighted by Crippen LogP contribution is 2.38. The van der Waals surface area contributed by atoms with Gasteiger partial charge in [-0.3, -0.25) is 9.97 Å². The van der Waals surface area contributed by atoms with Crippen LogP contribution in [0.1, 0.15) is 59.0 Å². The van der Waals surface area contributed by atoms with E-state index in [1.165, 1.54) is 12.3 Å². The highest BCUT2D eigenvalue weighted by atomic mass is 19.4. The Hall–Kier alpha value is -3.53. The number of fused-ring (bicyclic) bond motifs is 1. The van der Waals surface area contributed by atoms with E-state index in [-0.39, 0.29) is 12.0 Å². The molecule has 0 saturated carbocycles. The third-order valence-electron chi connectivity index (χ3n) is 6.23. The van der Waals surface area contributed by atoms with E-state index in [2.05, 4.69) is 19.9 Å². The molecule has 0 radical (unpaired) electrons. The first kappa shape index (κ1) is 23.2. The molecule has 5 rings (SSSR count). The molecule has 0 bridgehead atoms. The molecule has 4 aromatic heterocycles. The van der Waals surface area contributed by atoms with Gasteiger partial charge < -0.3 is 4.74 Å². The molecule has 0 spiro atoms. The fourth-order valence-corrected chi connectivity index (χ4v) is 4.25. The van der Waals surface area contributed by atoms with Crippen LogP contribution in [0.2, 0.25) is 0 Å². The smallest absolute Gasteiger partial charge is 0.373 e. The Balaban J connectivity index is 1.58. The number of hydrogen-bond donors (Lipinski definition) is 0. The van der Waals surface area contributed by atoms with Crippen LogP contribution in [0.25, 0.3) is 22.4 Å². The predicted molar refractivity (Wildman–Crippen MR) is 122 cm³/mol. The summed E-state index contributed by atoms with van der Waals surface area (Å²) in [4.78, 5) is 26.6. The number of hydrogen-bond acceptors (Lipinski definition) is 7. The molecular formula is C25H23F3N6O. The minimum atomic E-state index is -4.52. The normalized spacial score (nSPS) is 18.7. The molecule has 1 aliphatic rings. The van der Waals surface area contributed by atoms with E-state index in [1.807, 2.05) is 32.9 Å². The molecular weight excluding hydrogens is 457 g/mol. The topological polar surface area (TPSA) is 86.6 Å². The van der Waals surface area contributed by atoms with Crippen LogP contribution in [-0.2, 0) is 10.9 Å². The second-order valence-corrected chi connectivity index (χ2v) is 8.74. The van der Waals surface area contributed by atoms with Crippen LogP contribution < -0.4 is 0 Å². The Bertz CT molecular complexity index is 1390. The van der Waals surface area contributed by atoms with Gasteiger partial charge in [-0.15, -0.1) is 0 Å². The summed E-state index contributed by atoms with van der Waals surface area (Å²) < 4.78 is 45.2. The van der Waals surface area contributed by atoms with Gasteiger partial charge in [0.1, 0.15) is 22.7 Å². The van der Waals surface area contributed by atoms with E-state index in [4.69, 9.17) is 14.7 Å². The van der Waals surface area contributed by atoms with Crippen LogP contribution in [-0.4, -0.2) is 36.5 Å². The Morgan fingerprint density at radius 3 is 2.46 bits per heavy atom. The Kier molecular flexibility index (Phi) is 5.92. The maximum absolute atomic E-state index is 13.1. The fraction of sp³-hybridized carbons (Fsp3) is 0.360. The lowest BCUT2D eigenvalue weighted by atomic mass is 9.91. The number of alkyl halides is 3. The van der Waals surface area contributed by atoms with Gasteiger partial charge in [0.25, 0.3) is 0 Å². The van der Waals surface area contributed by atoms with E-state index in [0.717, 1.165) is 29.4 Å². The van der Waals surface area contributed by atoms with Crippen LogP contribution >= 0.6 is 0 Å². The van der Waals surface area contributed by atoms with Crippen molar-refractivity contribution in [3.05, 3.63) is 70.8 Å². The van der Waals surface area contributed by atoms with E-state index in [0.29, 0.717) is 47.0 Å². The Morgan fingerprint density at radius 1 is 0.943 bits per heavy atom. The molecule has 0 amide bonds. The molecule has 0 unspecified atom stereocenters. The lowest BCUT2D eigenvalue weighted by Crippen LogP contribution is -2.21. The predicted octanol–water partition coefficient (Wildman–Crippen LogP) is 5.46. The molecule has 10 heteroatoms. The first-order chi connectivity index (χ1) is 16.7. The van der Waals surface area contributed by atoms with Gasteiger partial charge in [-0.1, -0.05) is 0 Å². The highest BCUT2D eigenvalue weighted by Gasteiger charge is 2.32. The van der Waals surface area contributed by atoms with Crippen molar-refractivity contribution in [2.75, 3.05) is 6.61 Å². The third kappa shape index (κ3) is 4.70. The summed E-state index contributed by atoms with van der Waals surface area (Å²) in [6.45, 7) is 6.14. The molecule has 180 valence electrons. The van der Waals surface area contributed by atoms with Gasteiger partial charge in [0.2, 0.25) is 0 Å². The summed E-state index contributed by atoms with van der Waals surface area (Å²) in [5.74, 6) is 0.556. The van der Waals surface area contributed by atoms with Gasteiger partial charge >= 0.3 is 6.18 Å². The van der Waals surface area contributed by atoms with Gasteiger partial charge in [0, 0.05) is 36.2 Å². The lowest BCUT2D eigenvalue weighted by molar-refractivity contribution is -0.141. The fourth-order valence-electron chi connectivity index (χ4n) is 4.25. The number of aromatic nitrogens is 6. The number of rotatable bonds is 3. The molecule has 0 N–H and O–H groups in total. The van der Waals surface area contributed by atoms with Gasteiger partial charge in [0.05, 0.1) is 17.5 Å². The summed E-state index contributed by atoms with van der Waals surface area (Å²) in [6, 6.07) is 6.27. The zero-order chi connectivity index (χ0) is 24.7. The van der Waals surface area contributed by atoms with Crippen molar-refractivity contribution >= 4 is 11.2 Å². The van der Waals surface area contributed by atoms with E-state index in [1.54, 1.807) is 6.20 Å². The number of pyridine rings is 2. The minimum absolute atomic E-state index is 0.0174. The first-order valence-electron chi connectivity index (χ1n) is 11.3. The van der Waals surface area contributed by atoms with E-state index < -0.39 is 11.9 Å². The molecule has 7 nitrogen and oxygen atoms in total. The SMILES string of the molecule is Cc1cc([C@@H]2C[C@H](c3nc(-c4ccc(C(F)(F)F)nc4)c4nc(C)c(C)nc4n3)CCO2)ccn1. The molecule has 2 atom stereocenters. The second kappa shape index (κ2) is 8.92. The number of aryl methyl sites for hydroxylation is 3. The molecule has 1 fully saturated rings. The Morgan fingerprint density at radius 2 is 1.74 bits per heavy atom. The summed E-state index contributed by atoms with van der Waals surface area (Å²) in [6.07, 6.45) is -0.324. The summed E-state index contributed by atoms with van der Waals surface area (Å²) >= 11 is 0. The monoisotopic (exact) mass is 480 g/mol. The van der Waals surface area contributed by atoms with Crippen molar-refractivity contribution in [3.8, 4) is 11.3 Å². The molecule has 4 aromatic rings. The standard InChI is InChI=1S/C25H23F3N6O/c1-13-10-16(6-8-29-13)19-11-17(7-9-35-19)23-33-21(18-4-5-20(30-12-18)25(26,27)28)22-24(34-23)32-15(3)14(2)31-22/h4-6,8,10,12,17,19H,7,9,11H2,1-3H3/t17-,19+/m1/s1. The zero-order valence-electron chi connectivity index (χ0n) is 19.5. The number of nitrogens with zero attached hydrogens (tertiary/aromatic N) is 6. The van der Waals surface area contributed by atoms with Crippen molar-refractivity contribution in [1.82, 2.24) is 29.9 Å². The molecule has 5 heterocycles. The summed E-state index contributed by atoms with van der Waals surface area (Å²) in [5.41, 5.74) is 4.13. The third-order valence-corrected chi connectivity index (χ3v) is 6.23.